The molecule has 0 saturated carbocycles. The lowest BCUT2D eigenvalue weighted by Gasteiger charge is -2.12. The Bertz CT molecular complexity index is 826. The molecule has 0 bridgehead atoms. The molecule has 0 amide bonds. The zero-order valence-corrected chi connectivity index (χ0v) is 14.0. The zero-order chi connectivity index (χ0) is 18.4. The molecule has 3 aromatic heterocycles. The first-order valence-corrected chi connectivity index (χ1v) is 7.79. The molecule has 0 aromatic carbocycles. The molecule has 0 atom stereocenters. The van der Waals surface area contributed by atoms with E-state index in [4.69, 9.17) is 9.47 Å². The Morgan fingerprint density at radius 1 is 1.23 bits per heavy atom. The van der Waals surface area contributed by atoms with E-state index in [1.165, 1.54) is 18.3 Å². The summed E-state index contributed by atoms with van der Waals surface area (Å²) in [6.45, 7) is 0.832. The lowest BCUT2D eigenvalue weighted by molar-refractivity contribution is 0.146. The van der Waals surface area contributed by atoms with Gasteiger partial charge in [0, 0.05) is 31.6 Å². The molecular formula is C17H17F2N5O2. The van der Waals surface area contributed by atoms with E-state index in [0.29, 0.717) is 36.3 Å². The molecule has 3 heterocycles. The smallest absolute Gasteiger partial charge is 0.280 e. The number of pyridine rings is 2. The van der Waals surface area contributed by atoms with Crippen LogP contribution in [0, 0.1) is 0 Å². The van der Waals surface area contributed by atoms with Crippen LogP contribution in [0.2, 0.25) is 0 Å². The third kappa shape index (κ3) is 4.51. The summed E-state index contributed by atoms with van der Waals surface area (Å²) in [5, 5.41) is 3.04. The first-order valence-electron chi connectivity index (χ1n) is 7.79. The van der Waals surface area contributed by atoms with Gasteiger partial charge in [0.05, 0.1) is 18.5 Å². The SMILES string of the molecule is COCCOc1cc(Nc2ccc(C(F)F)nc2)nc(-n2ccnc2)c1. The van der Waals surface area contributed by atoms with E-state index in [0.717, 1.165) is 0 Å². The molecule has 7 nitrogen and oxygen atoms in total. The van der Waals surface area contributed by atoms with Gasteiger partial charge in [-0.3, -0.25) is 9.55 Å². The summed E-state index contributed by atoms with van der Waals surface area (Å²) < 4.78 is 37.6. The van der Waals surface area contributed by atoms with E-state index >= 15 is 0 Å². The van der Waals surface area contributed by atoms with Gasteiger partial charge in [0.1, 0.15) is 36.0 Å². The zero-order valence-electron chi connectivity index (χ0n) is 14.0. The van der Waals surface area contributed by atoms with E-state index in [-0.39, 0.29) is 5.69 Å². The fourth-order valence-electron chi connectivity index (χ4n) is 2.16. The van der Waals surface area contributed by atoms with Crippen LogP contribution in [0.1, 0.15) is 12.1 Å². The highest BCUT2D eigenvalue weighted by Gasteiger charge is 2.09. The summed E-state index contributed by atoms with van der Waals surface area (Å²) in [5.74, 6) is 1.66. The maximum atomic E-state index is 12.6. The van der Waals surface area contributed by atoms with Crippen LogP contribution in [0.25, 0.3) is 5.82 Å². The molecule has 3 rings (SSSR count). The van der Waals surface area contributed by atoms with E-state index in [9.17, 15) is 8.78 Å². The van der Waals surface area contributed by atoms with Crippen LogP contribution < -0.4 is 10.1 Å². The highest BCUT2D eigenvalue weighted by atomic mass is 19.3. The van der Waals surface area contributed by atoms with Crippen LogP contribution in [-0.2, 0) is 4.74 Å². The molecular weight excluding hydrogens is 344 g/mol. The summed E-state index contributed by atoms with van der Waals surface area (Å²) in [7, 11) is 1.59. The number of aromatic nitrogens is 4. The summed E-state index contributed by atoms with van der Waals surface area (Å²) in [5.41, 5.74) is 0.256. The summed E-state index contributed by atoms with van der Waals surface area (Å²) >= 11 is 0. The minimum atomic E-state index is -2.60. The van der Waals surface area contributed by atoms with Crippen molar-refractivity contribution >= 4 is 11.5 Å². The van der Waals surface area contributed by atoms with Gasteiger partial charge in [-0.05, 0) is 12.1 Å². The van der Waals surface area contributed by atoms with Gasteiger partial charge in [0.2, 0.25) is 0 Å². The molecule has 26 heavy (non-hydrogen) atoms. The minimum Gasteiger partial charge on any atom is -0.491 e. The van der Waals surface area contributed by atoms with Gasteiger partial charge < -0.3 is 14.8 Å². The van der Waals surface area contributed by atoms with E-state index in [2.05, 4.69) is 20.3 Å². The number of ether oxygens (including phenoxy) is 2. The van der Waals surface area contributed by atoms with Crippen LogP contribution in [0.3, 0.4) is 0 Å². The second-order valence-electron chi connectivity index (χ2n) is 5.25. The monoisotopic (exact) mass is 361 g/mol. The normalized spacial score (nSPS) is 10.9. The van der Waals surface area contributed by atoms with Crippen LogP contribution >= 0.6 is 0 Å². The first-order chi connectivity index (χ1) is 12.7. The minimum absolute atomic E-state index is 0.278. The summed E-state index contributed by atoms with van der Waals surface area (Å²) in [6.07, 6.45) is 3.74. The molecule has 0 radical (unpaired) electrons. The number of hydrogen-bond donors (Lipinski definition) is 1. The van der Waals surface area contributed by atoms with Crippen molar-refractivity contribution < 1.29 is 18.3 Å². The second kappa shape index (κ2) is 8.34. The molecule has 0 spiro atoms. The van der Waals surface area contributed by atoms with Gasteiger partial charge in [-0.1, -0.05) is 0 Å². The number of anilines is 2. The lowest BCUT2D eigenvalue weighted by atomic mass is 10.3. The van der Waals surface area contributed by atoms with Crippen molar-refractivity contribution in [2.75, 3.05) is 25.6 Å². The molecule has 0 unspecified atom stereocenters. The van der Waals surface area contributed by atoms with Crippen molar-refractivity contribution in [3.8, 4) is 11.6 Å². The number of nitrogens with one attached hydrogen (secondary N) is 1. The summed E-state index contributed by atoms with van der Waals surface area (Å²) in [4.78, 5) is 12.2. The van der Waals surface area contributed by atoms with Gasteiger partial charge in [-0.15, -0.1) is 0 Å². The van der Waals surface area contributed by atoms with Crippen LogP contribution in [-0.4, -0.2) is 39.8 Å². The van der Waals surface area contributed by atoms with Crippen LogP contribution in [0.15, 0.2) is 49.2 Å². The van der Waals surface area contributed by atoms with Crippen LogP contribution in [0.5, 0.6) is 5.75 Å². The highest BCUT2D eigenvalue weighted by molar-refractivity contribution is 5.58. The Balaban J connectivity index is 1.84. The quantitative estimate of drug-likeness (QED) is 0.620. The second-order valence-corrected chi connectivity index (χ2v) is 5.25. The van der Waals surface area contributed by atoms with Crippen molar-refractivity contribution in [2.45, 2.75) is 6.43 Å². The van der Waals surface area contributed by atoms with Crippen molar-refractivity contribution in [3.05, 3.63) is 54.9 Å². The third-order valence-corrected chi connectivity index (χ3v) is 3.39. The van der Waals surface area contributed by atoms with Crippen molar-refractivity contribution in [1.29, 1.82) is 0 Å². The number of nitrogens with zero attached hydrogens (tertiary/aromatic N) is 4. The molecule has 0 aliphatic carbocycles. The molecule has 3 aromatic rings. The topological polar surface area (TPSA) is 74.1 Å². The average molecular weight is 361 g/mol. The Morgan fingerprint density at radius 2 is 2.12 bits per heavy atom. The largest absolute Gasteiger partial charge is 0.491 e. The Hall–Kier alpha value is -3.07. The maximum absolute atomic E-state index is 12.6. The fourth-order valence-corrected chi connectivity index (χ4v) is 2.16. The predicted molar refractivity (Wildman–Crippen MR) is 91.2 cm³/mol. The molecule has 9 heteroatoms. The summed E-state index contributed by atoms with van der Waals surface area (Å²) in [6, 6.07) is 6.26. The molecule has 0 saturated heterocycles. The molecule has 0 fully saturated rings. The van der Waals surface area contributed by atoms with E-state index in [1.807, 2.05) is 0 Å². The standard InChI is InChI=1S/C17H17F2N5O2/c1-25-6-7-26-13-8-15(23-16(9-13)24-5-4-20-11-24)22-12-2-3-14(17(18)19)21-10-12/h2-5,8-11,17H,6-7H2,1H3,(H,22,23). The van der Waals surface area contributed by atoms with Crippen molar-refractivity contribution in [1.82, 2.24) is 19.5 Å². The van der Waals surface area contributed by atoms with E-state index < -0.39 is 6.43 Å². The molecule has 1 N–H and O–H groups in total. The third-order valence-electron chi connectivity index (χ3n) is 3.39. The predicted octanol–water partition coefficient (Wildman–Crippen LogP) is 3.37. The molecule has 136 valence electrons. The van der Waals surface area contributed by atoms with Crippen molar-refractivity contribution in [2.24, 2.45) is 0 Å². The number of halogens is 2. The van der Waals surface area contributed by atoms with Gasteiger partial charge in [0.15, 0.2) is 0 Å². The molecule has 0 aliphatic heterocycles. The number of hydrogen-bond acceptors (Lipinski definition) is 6. The fraction of sp³-hybridized carbons (Fsp3) is 0.235. The van der Waals surface area contributed by atoms with Crippen LogP contribution in [0.4, 0.5) is 20.3 Å². The van der Waals surface area contributed by atoms with Gasteiger partial charge >= 0.3 is 0 Å². The number of methoxy groups -OCH3 is 1. The van der Waals surface area contributed by atoms with Gasteiger partial charge in [0.25, 0.3) is 6.43 Å². The van der Waals surface area contributed by atoms with Gasteiger partial charge in [-0.25, -0.2) is 18.7 Å². The highest BCUT2D eigenvalue weighted by Crippen LogP contribution is 2.24. The Labute approximate surface area is 148 Å². The number of alkyl halides is 2. The van der Waals surface area contributed by atoms with Crippen molar-refractivity contribution in [3.63, 3.8) is 0 Å². The number of imidazole rings is 1. The number of rotatable bonds is 8. The Kier molecular flexibility index (Phi) is 5.69. The first kappa shape index (κ1) is 17.7. The maximum Gasteiger partial charge on any atom is 0.280 e. The molecule has 0 aliphatic rings. The lowest BCUT2D eigenvalue weighted by Crippen LogP contribution is -2.06. The average Bonchev–Trinajstić information content (AvgIpc) is 3.17. The Morgan fingerprint density at radius 3 is 2.77 bits per heavy atom. The van der Waals surface area contributed by atoms with Gasteiger partial charge in [-0.2, -0.15) is 0 Å². The van der Waals surface area contributed by atoms with E-state index in [1.54, 1.807) is 42.5 Å².